The van der Waals surface area contributed by atoms with Gasteiger partial charge < -0.3 is 14.4 Å². The lowest BCUT2D eigenvalue weighted by molar-refractivity contribution is -0.152. The lowest BCUT2D eigenvalue weighted by Crippen LogP contribution is -2.47. The molecule has 0 aliphatic carbocycles. The van der Waals surface area contributed by atoms with Crippen LogP contribution in [0.5, 0.6) is 5.75 Å². The zero-order valence-corrected chi connectivity index (χ0v) is 18.0. The molecule has 0 unspecified atom stereocenters. The molecule has 10 heteroatoms. The summed E-state index contributed by atoms with van der Waals surface area (Å²) >= 11 is 6.04. The number of hydrogen-bond donors (Lipinski definition) is 0. The monoisotopic (exact) mass is 444 g/mol. The van der Waals surface area contributed by atoms with Crippen molar-refractivity contribution >= 4 is 39.2 Å². The first-order valence-corrected chi connectivity index (χ1v) is 11.8. The molecule has 160 valence electrons. The number of likely N-dealkylation sites (tertiary alicyclic amines) is 1. The molecule has 1 aromatic carbocycles. The Labute approximate surface area is 175 Å². The standard InChI is InChI=1S/C19H25ClN2O6S/c1-3-27-19(24)13-6-9-21(10-7-13)18(23)17-8-11-22(29(2,25)26)15-12-14(20)4-5-16(15)28-17/h4-5,12-13,17H,3,6-11H2,1-2H3/t17-/m1/s1. The third kappa shape index (κ3) is 4.95. The first-order chi connectivity index (χ1) is 13.7. The topological polar surface area (TPSA) is 93.2 Å². The Morgan fingerprint density at radius 3 is 2.52 bits per heavy atom. The van der Waals surface area contributed by atoms with Gasteiger partial charge in [0.05, 0.1) is 24.5 Å². The van der Waals surface area contributed by atoms with Crippen LogP contribution in [0.1, 0.15) is 26.2 Å². The highest BCUT2D eigenvalue weighted by atomic mass is 35.5. The van der Waals surface area contributed by atoms with Crippen LogP contribution in [0, 0.1) is 5.92 Å². The second-order valence-corrected chi connectivity index (χ2v) is 9.54. The quantitative estimate of drug-likeness (QED) is 0.660. The van der Waals surface area contributed by atoms with Crippen molar-refractivity contribution in [2.75, 3.05) is 36.8 Å². The van der Waals surface area contributed by atoms with E-state index in [0.29, 0.717) is 49.0 Å². The summed E-state index contributed by atoms with van der Waals surface area (Å²) in [6.07, 6.45) is 1.61. The smallest absolute Gasteiger partial charge is 0.309 e. The number of sulfonamides is 1. The molecule has 2 aliphatic rings. The Balaban J connectivity index is 1.73. The van der Waals surface area contributed by atoms with Crippen molar-refractivity contribution in [1.82, 2.24) is 4.90 Å². The minimum atomic E-state index is -3.56. The highest BCUT2D eigenvalue weighted by Crippen LogP contribution is 2.36. The fourth-order valence-electron chi connectivity index (χ4n) is 3.67. The molecule has 0 bridgehead atoms. The Hall–Kier alpha value is -2.00. The number of halogens is 1. The molecule has 8 nitrogen and oxygen atoms in total. The van der Waals surface area contributed by atoms with E-state index >= 15 is 0 Å². The van der Waals surface area contributed by atoms with Crippen LogP contribution in [0.4, 0.5) is 5.69 Å². The van der Waals surface area contributed by atoms with Crippen LogP contribution >= 0.6 is 11.6 Å². The van der Waals surface area contributed by atoms with Gasteiger partial charge in [-0.05, 0) is 38.0 Å². The predicted molar refractivity (Wildman–Crippen MR) is 109 cm³/mol. The van der Waals surface area contributed by atoms with E-state index in [2.05, 4.69) is 0 Å². The molecule has 2 aliphatic heterocycles. The molecule has 1 fully saturated rings. The Kier molecular flexibility index (Phi) is 6.58. The summed E-state index contributed by atoms with van der Waals surface area (Å²) in [4.78, 5) is 26.6. The average Bonchev–Trinajstić information content (AvgIpc) is 2.87. The van der Waals surface area contributed by atoms with Crippen molar-refractivity contribution in [2.45, 2.75) is 32.3 Å². The highest BCUT2D eigenvalue weighted by Gasteiger charge is 2.36. The van der Waals surface area contributed by atoms with Crippen molar-refractivity contribution in [3.63, 3.8) is 0 Å². The molecule has 2 heterocycles. The number of carbonyl (C=O) groups excluding carboxylic acids is 2. The van der Waals surface area contributed by atoms with Gasteiger partial charge in [0.1, 0.15) is 5.75 Å². The molecule has 0 N–H and O–H groups in total. The summed E-state index contributed by atoms with van der Waals surface area (Å²) in [6, 6.07) is 4.70. The van der Waals surface area contributed by atoms with Crippen molar-refractivity contribution in [3.05, 3.63) is 23.2 Å². The van der Waals surface area contributed by atoms with Crippen LogP contribution < -0.4 is 9.04 Å². The number of hydrogen-bond acceptors (Lipinski definition) is 6. The number of piperidine rings is 1. The van der Waals surface area contributed by atoms with Crippen molar-refractivity contribution < 1.29 is 27.5 Å². The average molecular weight is 445 g/mol. The van der Waals surface area contributed by atoms with E-state index in [0.717, 1.165) is 6.26 Å². The molecule has 1 saturated heterocycles. The Morgan fingerprint density at radius 1 is 1.21 bits per heavy atom. The number of carbonyl (C=O) groups is 2. The molecule has 29 heavy (non-hydrogen) atoms. The minimum absolute atomic E-state index is 0.113. The van der Waals surface area contributed by atoms with Crippen LogP contribution in [0.3, 0.4) is 0 Å². The molecule has 0 saturated carbocycles. The number of anilines is 1. The third-order valence-corrected chi connectivity index (χ3v) is 6.57. The van der Waals surface area contributed by atoms with Crippen LogP contribution in [0.25, 0.3) is 0 Å². The molecule has 1 atom stereocenters. The first kappa shape index (κ1) is 21.7. The number of fused-ring (bicyclic) bond motifs is 1. The summed E-state index contributed by atoms with van der Waals surface area (Å²) in [5, 5.41) is 0.381. The number of ether oxygens (including phenoxy) is 2. The summed E-state index contributed by atoms with van der Waals surface area (Å²) in [6.45, 7) is 3.09. The molecule has 1 aromatic rings. The van der Waals surface area contributed by atoms with Crippen LogP contribution in [0.15, 0.2) is 18.2 Å². The fourth-order valence-corrected chi connectivity index (χ4v) is 4.77. The molecule has 0 radical (unpaired) electrons. The largest absolute Gasteiger partial charge is 0.478 e. The lowest BCUT2D eigenvalue weighted by atomic mass is 9.96. The van der Waals surface area contributed by atoms with Gasteiger partial charge in [-0.3, -0.25) is 13.9 Å². The van der Waals surface area contributed by atoms with E-state index < -0.39 is 16.1 Å². The number of rotatable bonds is 4. The second-order valence-electron chi connectivity index (χ2n) is 7.19. The molecule has 0 spiro atoms. The third-order valence-electron chi connectivity index (χ3n) is 5.16. The normalized spacial score (nSPS) is 20.4. The Morgan fingerprint density at radius 2 is 1.90 bits per heavy atom. The van der Waals surface area contributed by atoms with Gasteiger partial charge >= 0.3 is 5.97 Å². The second kappa shape index (κ2) is 8.79. The summed E-state index contributed by atoms with van der Waals surface area (Å²) < 4.78 is 36.7. The van der Waals surface area contributed by atoms with Gasteiger partial charge in [0.25, 0.3) is 5.91 Å². The van der Waals surface area contributed by atoms with Gasteiger partial charge in [-0.25, -0.2) is 8.42 Å². The molecule has 3 rings (SSSR count). The number of amides is 1. The Bertz CT molecular complexity index is 883. The highest BCUT2D eigenvalue weighted by molar-refractivity contribution is 7.92. The van der Waals surface area contributed by atoms with Crippen LogP contribution in [-0.4, -0.2) is 63.8 Å². The summed E-state index contributed by atoms with van der Waals surface area (Å²) in [5.41, 5.74) is 0.330. The predicted octanol–water partition coefficient (Wildman–Crippen LogP) is 2.06. The van der Waals surface area contributed by atoms with Gasteiger partial charge in [-0.2, -0.15) is 0 Å². The zero-order chi connectivity index (χ0) is 21.2. The first-order valence-electron chi connectivity index (χ1n) is 9.60. The minimum Gasteiger partial charge on any atom is -0.478 e. The van der Waals surface area contributed by atoms with E-state index in [1.165, 1.54) is 10.4 Å². The molecule has 0 aromatic heterocycles. The summed E-state index contributed by atoms with van der Waals surface area (Å²) in [7, 11) is -3.56. The van der Waals surface area contributed by atoms with E-state index in [-0.39, 0.29) is 30.8 Å². The molecule has 1 amide bonds. The lowest BCUT2D eigenvalue weighted by Gasteiger charge is -2.33. The van der Waals surface area contributed by atoms with E-state index in [1.807, 2.05) is 0 Å². The molecular formula is C19H25ClN2O6S. The zero-order valence-electron chi connectivity index (χ0n) is 16.5. The van der Waals surface area contributed by atoms with Crippen LogP contribution in [0.2, 0.25) is 5.02 Å². The number of benzene rings is 1. The maximum absolute atomic E-state index is 13.0. The van der Waals surface area contributed by atoms with E-state index in [9.17, 15) is 18.0 Å². The number of esters is 1. The van der Waals surface area contributed by atoms with Gasteiger partial charge in [0.2, 0.25) is 10.0 Å². The fraction of sp³-hybridized carbons (Fsp3) is 0.579. The summed E-state index contributed by atoms with van der Waals surface area (Å²) in [5.74, 6) is -0.321. The van der Waals surface area contributed by atoms with Gasteiger partial charge in [0.15, 0.2) is 6.10 Å². The van der Waals surface area contributed by atoms with Crippen molar-refractivity contribution in [3.8, 4) is 5.75 Å². The van der Waals surface area contributed by atoms with Crippen molar-refractivity contribution in [2.24, 2.45) is 5.92 Å². The maximum atomic E-state index is 13.0. The van der Waals surface area contributed by atoms with E-state index in [4.69, 9.17) is 21.1 Å². The SMILES string of the molecule is CCOC(=O)C1CCN(C(=O)[C@H]2CCN(S(C)(=O)=O)c3cc(Cl)ccc3O2)CC1. The van der Waals surface area contributed by atoms with Gasteiger partial charge in [-0.15, -0.1) is 0 Å². The van der Waals surface area contributed by atoms with Gasteiger partial charge in [0, 0.05) is 31.1 Å². The van der Waals surface area contributed by atoms with Gasteiger partial charge in [-0.1, -0.05) is 11.6 Å². The maximum Gasteiger partial charge on any atom is 0.309 e. The molecular weight excluding hydrogens is 420 g/mol. The van der Waals surface area contributed by atoms with Crippen LogP contribution in [-0.2, 0) is 24.3 Å². The van der Waals surface area contributed by atoms with E-state index in [1.54, 1.807) is 24.0 Å². The van der Waals surface area contributed by atoms with Crippen molar-refractivity contribution in [1.29, 1.82) is 0 Å². The number of nitrogens with zero attached hydrogens (tertiary/aromatic N) is 2.